The lowest BCUT2D eigenvalue weighted by Gasteiger charge is -2.25. The number of hydrogen-bond acceptors (Lipinski definition) is 5. The average molecular weight is 381 g/mol. The number of carboxylic acids is 1. The molecule has 1 amide bonds. The van der Waals surface area contributed by atoms with Gasteiger partial charge in [0.05, 0.1) is 0 Å². The Hall–Kier alpha value is -2.42. The molecule has 9 heteroatoms. The number of rotatable bonds is 7. The number of carbonyl (C=O) groups excluding carboxylic acids is 1. The zero-order valence-electron chi connectivity index (χ0n) is 15.0. The molecule has 1 heterocycles. The molecule has 142 valence electrons. The molecular weight excluding hydrogens is 358 g/mol. The summed E-state index contributed by atoms with van der Waals surface area (Å²) < 4.78 is 28.0. The smallest absolute Gasteiger partial charge is 0.323 e. The monoisotopic (exact) mass is 381 g/mol. The van der Waals surface area contributed by atoms with Gasteiger partial charge >= 0.3 is 5.97 Å². The molecule has 2 rings (SSSR count). The summed E-state index contributed by atoms with van der Waals surface area (Å²) in [4.78, 5) is 26.3. The van der Waals surface area contributed by atoms with E-state index >= 15 is 0 Å². The van der Waals surface area contributed by atoms with E-state index < -0.39 is 16.0 Å². The molecule has 0 bridgehead atoms. The summed E-state index contributed by atoms with van der Waals surface area (Å²) >= 11 is 0. The van der Waals surface area contributed by atoms with Crippen LogP contribution in [-0.4, -0.2) is 67.2 Å². The van der Waals surface area contributed by atoms with Crippen LogP contribution >= 0.6 is 0 Å². The number of benzene rings is 1. The van der Waals surface area contributed by atoms with Crippen LogP contribution in [0.2, 0.25) is 0 Å². The molecular formula is C17H23N3O5S. The van der Waals surface area contributed by atoms with Crippen LogP contribution in [0.1, 0.15) is 32.3 Å². The number of carboxylic acid groups (broad SMARTS) is 1. The van der Waals surface area contributed by atoms with Crippen molar-refractivity contribution in [2.24, 2.45) is 4.40 Å². The van der Waals surface area contributed by atoms with E-state index in [1.165, 1.54) is 11.0 Å². The van der Waals surface area contributed by atoms with Gasteiger partial charge in [-0.3, -0.25) is 9.59 Å². The van der Waals surface area contributed by atoms with Gasteiger partial charge < -0.3 is 14.9 Å². The van der Waals surface area contributed by atoms with Crippen LogP contribution in [-0.2, 0) is 19.6 Å². The molecule has 1 aromatic rings. The molecule has 0 radical (unpaired) electrons. The van der Waals surface area contributed by atoms with Crippen molar-refractivity contribution in [1.29, 1.82) is 0 Å². The maximum atomic E-state index is 12.2. The molecule has 0 aromatic heterocycles. The number of aliphatic carboxylic acids is 1. The Morgan fingerprint density at radius 1 is 1.23 bits per heavy atom. The number of carbonyl (C=O) groups is 2. The van der Waals surface area contributed by atoms with Crippen molar-refractivity contribution in [3.05, 3.63) is 29.8 Å². The van der Waals surface area contributed by atoms with Crippen molar-refractivity contribution in [3.8, 4) is 0 Å². The summed E-state index contributed by atoms with van der Waals surface area (Å²) in [5.74, 6) is -0.928. The highest BCUT2D eigenvalue weighted by atomic mass is 32.2. The molecule has 0 aliphatic carbocycles. The number of sulfonamides is 1. The van der Waals surface area contributed by atoms with Gasteiger partial charge in [-0.05, 0) is 32.4 Å². The summed E-state index contributed by atoms with van der Waals surface area (Å²) in [7, 11) is -1.95. The van der Waals surface area contributed by atoms with Crippen LogP contribution in [0.4, 0.5) is 0 Å². The minimum atomic E-state index is -3.67. The summed E-state index contributed by atoms with van der Waals surface area (Å²) in [5, 5.41) is 8.91. The average Bonchev–Trinajstić information content (AvgIpc) is 2.84. The van der Waals surface area contributed by atoms with Gasteiger partial charge in [-0.2, -0.15) is 8.42 Å². The van der Waals surface area contributed by atoms with Crippen molar-refractivity contribution in [2.45, 2.75) is 37.6 Å². The van der Waals surface area contributed by atoms with E-state index in [2.05, 4.69) is 4.40 Å². The van der Waals surface area contributed by atoms with Gasteiger partial charge in [0, 0.05) is 31.6 Å². The van der Waals surface area contributed by atoms with Crippen LogP contribution < -0.4 is 0 Å². The van der Waals surface area contributed by atoms with Gasteiger partial charge in [-0.25, -0.2) is 0 Å². The Labute approximate surface area is 153 Å². The van der Waals surface area contributed by atoms with Crippen LogP contribution in [0.5, 0.6) is 0 Å². The standard InChI is InChI=1S/C17H23N3O5S/c1-12(2)20(11-16(22)23)15(21)9-6-10-19(3)17-13-7-4-5-8-14(13)26(24,25)18-17/h4-5,7-8,12H,6,9-11H2,1-3H3,(H,22,23). The Kier molecular flexibility index (Phi) is 6.01. The Bertz CT molecular complexity index is 833. The largest absolute Gasteiger partial charge is 0.480 e. The maximum Gasteiger partial charge on any atom is 0.323 e. The lowest BCUT2D eigenvalue weighted by Crippen LogP contribution is -2.41. The van der Waals surface area contributed by atoms with Crippen LogP contribution in [0, 0.1) is 0 Å². The minimum absolute atomic E-state index is 0.178. The molecule has 0 saturated heterocycles. The predicted octanol–water partition coefficient (Wildman–Crippen LogP) is 1.17. The first kappa shape index (κ1) is 19.9. The number of fused-ring (bicyclic) bond motifs is 1. The number of amidine groups is 1. The first-order valence-corrected chi connectivity index (χ1v) is 9.74. The molecule has 1 aromatic carbocycles. The van der Waals surface area contributed by atoms with Gasteiger partial charge in [-0.1, -0.05) is 12.1 Å². The van der Waals surface area contributed by atoms with E-state index in [4.69, 9.17) is 5.11 Å². The summed E-state index contributed by atoms with van der Waals surface area (Å²) in [5.41, 5.74) is 0.552. The molecule has 1 aliphatic rings. The van der Waals surface area contributed by atoms with Crippen molar-refractivity contribution in [3.63, 3.8) is 0 Å². The third kappa shape index (κ3) is 4.40. The second kappa shape index (κ2) is 7.86. The summed E-state index contributed by atoms with van der Waals surface area (Å²) in [6.07, 6.45) is 0.636. The summed E-state index contributed by atoms with van der Waals surface area (Å²) in [6.45, 7) is 3.63. The Balaban J connectivity index is 1.98. The zero-order valence-corrected chi connectivity index (χ0v) is 15.9. The van der Waals surface area contributed by atoms with Crippen molar-refractivity contribution in [1.82, 2.24) is 9.80 Å². The van der Waals surface area contributed by atoms with Crippen molar-refractivity contribution >= 4 is 27.7 Å². The highest BCUT2D eigenvalue weighted by Crippen LogP contribution is 2.27. The Morgan fingerprint density at radius 2 is 1.88 bits per heavy atom. The lowest BCUT2D eigenvalue weighted by molar-refractivity contribution is -0.145. The number of amides is 1. The maximum absolute atomic E-state index is 12.2. The fraction of sp³-hybridized carbons (Fsp3) is 0.471. The van der Waals surface area contributed by atoms with E-state index in [9.17, 15) is 18.0 Å². The number of nitrogens with zero attached hydrogens (tertiary/aromatic N) is 3. The molecule has 0 saturated carbocycles. The fourth-order valence-electron chi connectivity index (χ4n) is 2.79. The third-order valence-corrected chi connectivity index (χ3v) is 5.43. The second-order valence-corrected chi connectivity index (χ2v) is 7.99. The van der Waals surface area contributed by atoms with E-state index in [1.54, 1.807) is 44.0 Å². The van der Waals surface area contributed by atoms with Gasteiger partial charge in [0.15, 0.2) is 0 Å². The SMILES string of the molecule is CC(C)N(CC(=O)O)C(=O)CCCN(C)C1=NS(=O)(=O)c2ccccc21. The Morgan fingerprint density at radius 3 is 2.50 bits per heavy atom. The zero-order chi connectivity index (χ0) is 19.5. The van der Waals surface area contributed by atoms with Crippen LogP contribution in [0.15, 0.2) is 33.6 Å². The topological polar surface area (TPSA) is 107 Å². The van der Waals surface area contributed by atoms with E-state index in [-0.39, 0.29) is 29.8 Å². The van der Waals surface area contributed by atoms with E-state index in [0.717, 1.165) is 0 Å². The number of hydrogen-bond donors (Lipinski definition) is 1. The normalized spacial score (nSPS) is 14.7. The van der Waals surface area contributed by atoms with Gasteiger partial charge in [0.25, 0.3) is 10.0 Å². The molecule has 0 unspecified atom stereocenters. The van der Waals surface area contributed by atoms with Crippen molar-refractivity contribution in [2.75, 3.05) is 20.1 Å². The minimum Gasteiger partial charge on any atom is -0.480 e. The molecule has 0 fully saturated rings. The second-order valence-electron chi connectivity index (χ2n) is 6.42. The van der Waals surface area contributed by atoms with Crippen LogP contribution in [0.25, 0.3) is 0 Å². The molecule has 8 nitrogen and oxygen atoms in total. The molecule has 26 heavy (non-hydrogen) atoms. The van der Waals surface area contributed by atoms with E-state index in [1.807, 2.05) is 0 Å². The lowest BCUT2D eigenvalue weighted by atomic mass is 10.1. The third-order valence-electron chi connectivity index (χ3n) is 4.11. The van der Waals surface area contributed by atoms with Crippen LogP contribution in [0.3, 0.4) is 0 Å². The molecule has 0 atom stereocenters. The predicted molar refractivity (Wildman–Crippen MR) is 96.5 cm³/mol. The van der Waals surface area contributed by atoms with E-state index in [0.29, 0.717) is 24.4 Å². The molecule has 0 spiro atoms. The van der Waals surface area contributed by atoms with Gasteiger partial charge in [0.2, 0.25) is 5.91 Å². The highest BCUT2D eigenvalue weighted by Gasteiger charge is 2.30. The first-order valence-electron chi connectivity index (χ1n) is 8.30. The van der Waals surface area contributed by atoms with Gasteiger partial charge in [-0.15, -0.1) is 4.40 Å². The molecule has 1 aliphatic heterocycles. The first-order chi connectivity index (χ1) is 12.1. The van der Waals surface area contributed by atoms with Gasteiger partial charge in [0.1, 0.15) is 17.3 Å². The summed E-state index contributed by atoms with van der Waals surface area (Å²) in [6, 6.07) is 6.42. The molecule has 1 N–H and O–H groups in total. The van der Waals surface area contributed by atoms with Crippen molar-refractivity contribution < 1.29 is 23.1 Å². The highest BCUT2D eigenvalue weighted by molar-refractivity contribution is 7.90. The fourth-order valence-corrected chi connectivity index (χ4v) is 4.04. The quantitative estimate of drug-likeness (QED) is 0.760.